The Morgan fingerprint density at radius 3 is 2.69 bits per heavy atom. The van der Waals surface area contributed by atoms with Crippen molar-refractivity contribution in [1.29, 1.82) is 0 Å². The minimum atomic E-state index is -3.30. The van der Waals surface area contributed by atoms with E-state index in [1.165, 1.54) is 9.21 Å². The number of carbonyl (C=O) groups is 2. The van der Waals surface area contributed by atoms with Crippen molar-refractivity contribution >= 4 is 27.5 Å². The van der Waals surface area contributed by atoms with Crippen LogP contribution in [-0.2, 0) is 14.8 Å². The molecule has 1 heterocycles. The fraction of sp³-hybridized carbons (Fsp3) is 0.556. The Hall–Kier alpha value is -1.93. The SMILES string of the molecule is CCCS(=O)(=O)N1CCCC(C(=O)Nc2cccc(C(=O)N(C)C)c2)C1. The first-order valence-corrected chi connectivity index (χ1v) is 10.5. The number of benzene rings is 1. The van der Waals surface area contributed by atoms with E-state index in [1.807, 2.05) is 6.92 Å². The molecule has 0 aliphatic carbocycles. The molecule has 1 fully saturated rings. The molecule has 2 amide bonds. The zero-order valence-electron chi connectivity index (χ0n) is 15.6. The van der Waals surface area contributed by atoms with E-state index in [0.717, 1.165) is 0 Å². The molecule has 1 aliphatic heterocycles. The van der Waals surface area contributed by atoms with Crippen LogP contribution in [0.4, 0.5) is 5.69 Å². The van der Waals surface area contributed by atoms with Crippen molar-refractivity contribution in [2.24, 2.45) is 5.92 Å². The van der Waals surface area contributed by atoms with Crippen molar-refractivity contribution in [2.45, 2.75) is 26.2 Å². The van der Waals surface area contributed by atoms with Gasteiger partial charge in [0, 0.05) is 38.4 Å². The molecule has 144 valence electrons. The summed E-state index contributed by atoms with van der Waals surface area (Å²) in [5.74, 6) is -0.634. The van der Waals surface area contributed by atoms with Crippen molar-refractivity contribution in [3.63, 3.8) is 0 Å². The lowest BCUT2D eigenvalue weighted by Gasteiger charge is -2.31. The lowest BCUT2D eigenvalue weighted by atomic mass is 9.98. The Labute approximate surface area is 155 Å². The predicted molar refractivity (Wildman–Crippen MR) is 101 cm³/mol. The summed E-state index contributed by atoms with van der Waals surface area (Å²) in [4.78, 5) is 26.1. The third kappa shape index (κ3) is 5.04. The molecule has 0 radical (unpaired) electrons. The smallest absolute Gasteiger partial charge is 0.253 e. The molecule has 1 saturated heterocycles. The molecule has 1 N–H and O–H groups in total. The summed E-state index contributed by atoms with van der Waals surface area (Å²) in [5.41, 5.74) is 1.03. The highest BCUT2D eigenvalue weighted by atomic mass is 32.2. The van der Waals surface area contributed by atoms with E-state index in [9.17, 15) is 18.0 Å². The van der Waals surface area contributed by atoms with Gasteiger partial charge in [-0.3, -0.25) is 9.59 Å². The van der Waals surface area contributed by atoms with Crippen molar-refractivity contribution in [2.75, 3.05) is 38.3 Å². The molecule has 2 rings (SSSR count). The Balaban J connectivity index is 2.06. The van der Waals surface area contributed by atoms with E-state index in [1.54, 1.807) is 38.4 Å². The van der Waals surface area contributed by atoms with E-state index in [-0.39, 0.29) is 30.0 Å². The summed E-state index contributed by atoms with van der Waals surface area (Å²) in [5, 5.41) is 2.82. The van der Waals surface area contributed by atoms with Crippen molar-refractivity contribution < 1.29 is 18.0 Å². The van der Waals surface area contributed by atoms with E-state index < -0.39 is 10.0 Å². The normalized spacial score (nSPS) is 18.3. The average Bonchev–Trinajstić information content (AvgIpc) is 2.61. The maximum absolute atomic E-state index is 12.6. The van der Waals surface area contributed by atoms with Crippen LogP contribution < -0.4 is 5.32 Å². The van der Waals surface area contributed by atoms with Gasteiger partial charge in [-0.2, -0.15) is 0 Å². The van der Waals surface area contributed by atoms with E-state index >= 15 is 0 Å². The van der Waals surface area contributed by atoms with Gasteiger partial charge in [-0.25, -0.2) is 12.7 Å². The summed E-state index contributed by atoms with van der Waals surface area (Å²) >= 11 is 0. The van der Waals surface area contributed by atoms with Crippen molar-refractivity contribution in [3.8, 4) is 0 Å². The predicted octanol–water partition coefficient (Wildman–Crippen LogP) is 1.78. The second-order valence-electron chi connectivity index (χ2n) is 6.78. The molecule has 26 heavy (non-hydrogen) atoms. The van der Waals surface area contributed by atoms with Crippen molar-refractivity contribution in [3.05, 3.63) is 29.8 Å². The van der Waals surface area contributed by atoms with Crippen LogP contribution >= 0.6 is 0 Å². The molecule has 8 heteroatoms. The van der Waals surface area contributed by atoms with Gasteiger partial charge in [0.1, 0.15) is 0 Å². The molecule has 0 aromatic heterocycles. The summed E-state index contributed by atoms with van der Waals surface area (Å²) in [7, 11) is 0.0382. The quantitative estimate of drug-likeness (QED) is 0.814. The number of piperidine rings is 1. The van der Waals surface area contributed by atoms with Crippen LogP contribution in [-0.4, -0.2) is 62.4 Å². The second kappa shape index (κ2) is 8.64. The van der Waals surface area contributed by atoms with Gasteiger partial charge >= 0.3 is 0 Å². The number of rotatable bonds is 6. The number of nitrogens with zero attached hydrogens (tertiary/aromatic N) is 2. The number of amides is 2. The van der Waals surface area contributed by atoms with Gasteiger partial charge in [0.05, 0.1) is 11.7 Å². The molecular weight excluding hydrogens is 354 g/mol. The molecule has 7 nitrogen and oxygen atoms in total. The lowest BCUT2D eigenvalue weighted by molar-refractivity contribution is -0.120. The highest BCUT2D eigenvalue weighted by molar-refractivity contribution is 7.89. The van der Waals surface area contributed by atoms with Gasteiger partial charge in [0.2, 0.25) is 15.9 Å². The number of anilines is 1. The summed E-state index contributed by atoms with van der Waals surface area (Å²) < 4.78 is 25.9. The first-order chi connectivity index (χ1) is 12.2. The van der Waals surface area contributed by atoms with E-state index in [2.05, 4.69) is 5.32 Å². The molecule has 1 unspecified atom stereocenters. The molecule has 1 aromatic carbocycles. The highest BCUT2D eigenvalue weighted by Crippen LogP contribution is 2.22. The standard InChI is InChI=1S/C18H27N3O4S/c1-4-11-26(24,25)21-10-6-8-15(13-21)17(22)19-16-9-5-7-14(12-16)18(23)20(2)3/h5,7,9,12,15H,4,6,8,10-11,13H2,1-3H3,(H,19,22). The molecule has 0 spiro atoms. The van der Waals surface area contributed by atoms with Crippen LogP contribution in [0.1, 0.15) is 36.5 Å². The number of carbonyl (C=O) groups excluding carboxylic acids is 2. The number of hydrogen-bond acceptors (Lipinski definition) is 4. The molecular formula is C18H27N3O4S. The van der Waals surface area contributed by atoms with Crippen LogP contribution in [0.2, 0.25) is 0 Å². The third-order valence-corrected chi connectivity index (χ3v) is 6.44. The minimum absolute atomic E-state index is 0.107. The van der Waals surface area contributed by atoms with Crippen LogP contribution in [0.15, 0.2) is 24.3 Å². The molecule has 1 atom stereocenters. The molecule has 1 aromatic rings. The van der Waals surface area contributed by atoms with Gasteiger partial charge in [0.15, 0.2) is 0 Å². The van der Waals surface area contributed by atoms with E-state index in [4.69, 9.17) is 0 Å². The first kappa shape index (κ1) is 20.4. The minimum Gasteiger partial charge on any atom is -0.345 e. The lowest BCUT2D eigenvalue weighted by Crippen LogP contribution is -2.44. The zero-order chi connectivity index (χ0) is 19.3. The zero-order valence-corrected chi connectivity index (χ0v) is 16.4. The Bertz CT molecular complexity index is 761. The maximum atomic E-state index is 12.6. The number of hydrogen-bond donors (Lipinski definition) is 1. The first-order valence-electron chi connectivity index (χ1n) is 8.85. The summed E-state index contributed by atoms with van der Waals surface area (Å²) in [6.45, 7) is 2.51. The fourth-order valence-electron chi connectivity index (χ4n) is 3.03. The molecule has 1 aliphatic rings. The van der Waals surface area contributed by atoms with Crippen molar-refractivity contribution in [1.82, 2.24) is 9.21 Å². The third-order valence-electron chi connectivity index (χ3n) is 4.39. The number of sulfonamides is 1. The highest BCUT2D eigenvalue weighted by Gasteiger charge is 2.31. The van der Waals surface area contributed by atoms with Gasteiger partial charge < -0.3 is 10.2 Å². The monoisotopic (exact) mass is 381 g/mol. The van der Waals surface area contributed by atoms with Gasteiger partial charge in [0.25, 0.3) is 5.91 Å². The fourth-order valence-corrected chi connectivity index (χ4v) is 4.62. The number of nitrogens with one attached hydrogen (secondary N) is 1. The van der Waals surface area contributed by atoms with Gasteiger partial charge in [-0.1, -0.05) is 13.0 Å². The largest absolute Gasteiger partial charge is 0.345 e. The second-order valence-corrected chi connectivity index (χ2v) is 8.87. The molecule has 0 bridgehead atoms. The maximum Gasteiger partial charge on any atom is 0.253 e. The Morgan fingerprint density at radius 1 is 1.31 bits per heavy atom. The van der Waals surface area contributed by atoms with Gasteiger partial charge in [-0.05, 0) is 37.5 Å². The van der Waals surface area contributed by atoms with Crippen LogP contribution in [0.25, 0.3) is 0 Å². The van der Waals surface area contributed by atoms with Crippen LogP contribution in [0.3, 0.4) is 0 Å². The van der Waals surface area contributed by atoms with Crippen LogP contribution in [0.5, 0.6) is 0 Å². The van der Waals surface area contributed by atoms with Crippen LogP contribution in [0, 0.1) is 5.92 Å². The Kier molecular flexibility index (Phi) is 6.77. The summed E-state index contributed by atoms with van der Waals surface area (Å²) in [6, 6.07) is 6.76. The average molecular weight is 381 g/mol. The van der Waals surface area contributed by atoms with Gasteiger partial charge in [-0.15, -0.1) is 0 Å². The van der Waals surface area contributed by atoms with E-state index in [0.29, 0.717) is 37.1 Å². The topological polar surface area (TPSA) is 86.8 Å². The molecule has 0 saturated carbocycles. The Morgan fingerprint density at radius 2 is 2.04 bits per heavy atom. The summed E-state index contributed by atoms with van der Waals surface area (Å²) in [6.07, 6.45) is 1.88.